The monoisotopic (exact) mass is 268 g/mol. The van der Waals surface area contributed by atoms with E-state index < -0.39 is 0 Å². The van der Waals surface area contributed by atoms with Crippen LogP contribution < -0.4 is 11.3 Å². The van der Waals surface area contributed by atoms with Crippen LogP contribution in [0.4, 0.5) is 0 Å². The van der Waals surface area contributed by atoms with Gasteiger partial charge in [0.1, 0.15) is 0 Å². The molecule has 0 aliphatic heterocycles. The highest BCUT2D eigenvalue weighted by atomic mass is 15.2. The van der Waals surface area contributed by atoms with Gasteiger partial charge in [-0.05, 0) is 23.1 Å². The van der Waals surface area contributed by atoms with Gasteiger partial charge in [0.15, 0.2) is 0 Å². The van der Waals surface area contributed by atoms with Crippen molar-refractivity contribution in [1.82, 2.24) is 5.43 Å². The minimum atomic E-state index is -0.0810. The van der Waals surface area contributed by atoms with Gasteiger partial charge in [0.05, 0.1) is 6.04 Å². The van der Waals surface area contributed by atoms with Gasteiger partial charge in [-0.3, -0.25) is 11.3 Å². The van der Waals surface area contributed by atoms with Crippen LogP contribution in [0.3, 0.4) is 0 Å². The number of benzene rings is 2. The molecule has 0 amide bonds. The number of nitrogens with one attached hydrogen (secondary N) is 1. The Morgan fingerprint density at radius 2 is 1.75 bits per heavy atom. The first kappa shape index (κ1) is 14.8. The Morgan fingerprint density at radius 1 is 1.05 bits per heavy atom. The Balaban J connectivity index is 2.40. The maximum absolute atomic E-state index is 5.87. The SMILES string of the molecule is CCc1cccc(C(NN)C(C)(C)c2ccccc2)c1. The molecule has 2 nitrogen and oxygen atoms in total. The molecule has 2 rings (SSSR count). The fourth-order valence-corrected chi connectivity index (χ4v) is 2.75. The molecule has 1 unspecified atom stereocenters. The van der Waals surface area contributed by atoms with Crippen LogP contribution in [0.1, 0.15) is 43.5 Å². The van der Waals surface area contributed by atoms with E-state index in [4.69, 9.17) is 5.84 Å². The Hall–Kier alpha value is -1.64. The van der Waals surface area contributed by atoms with Crippen LogP contribution >= 0.6 is 0 Å². The standard InChI is InChI=1S/C18H24N2/c1-4-14-9-8-10-15(13-14)17(20-19)18(2,3)16-11-6-5-7-12-16/h5-13,17,20H,4,19H2,1-3H3. The van der Waals surface area contributed by atoms with Gasteiger partial charge in [-0.25, -0.2) is 0 Å². The topological polar surface area (TPSA) is 38.0 Å². The van der Waals surface area contributed by atoms with Gasteiger partial charge in [0.2, 0.25) is 0 Å². The van der Waals surface area contributed by atoms with E-state index in [9.17, 15) is 0 Å². The maximum Gasteiger partial charge on any atom is 0.0551 e. The summed E-state index contributed by atoms with van der Waals surface area (Å²) in [5.41, 5.74) is 6.79. The molecule has 3 N–H and O–H groups in total. The Kier molecular flexibility index (Phi) is 4.58. The molecule has 0 saturated carbocycles. The van der Waals surface area contributed by atoms with E-state index in [2.05, 4.69) is 74.7 Å². The first-order valence-corrected chi connectivity index (χ1v) is 7.20. The fourth-order valence-electron chi connectivity index (χ4n) is 2.75. The fraction of sp³-hybridized carbons (Fsp3) is 0.333. The van der Waals surface area contributed by atoms with Crippen LogP contribution in [-0.2, 0) is 11.8 Å². The molecule has 0 fully saturated rings. The van der Waals surface area contributed by atoms with Gasteiger partial charge in [-0.15, -0.1) is 0 Å². The number of hydrogen-bond acceptors (Lipinski definition) is 2. The predicted molar refractivity (Wildman–Crippen MR) is 85.4 cm³/mol. The van der Waals surface area contributed by atoms with Crippen LogP contribution in [0.5, 0.6) is 0 Å². The van der Waals surface area contributed by atoms with Crippen molar-refractivity contribution in [2.24, 2.45) is 5.84 Å². The van der Waals surface area contributed by atoms with Gasteiger partial charge in [-0.2, -0.15) is 0 Å². The van der Waals surface area contributed by atoms with Gasteiger partial charge in [0, 0.05) is 5.41 Å². The second-order valence-electron chi connectivity index (χ2n) is 5.79. The van der Waals surface area contributed by atoms with Crippen LogP contribution in [0.25, 0.3) is 0 Å². The minimum Gasteiger partial charge on any atom is -0.271 e. The Labute approximate surface area is 122 Å². The van der Waals surface area contributed by atoms with Crippen molar-refractivity contribution >= 4 is 0 Å². The minimum absolute atomic E-state index is 0.0800. The van der Waals surface area contributed by atoms with E-state index in [1.807, 2.05) is 6.07 Å². The van der Waals surface area contributed by atoms with Gasteiger partial charge in [0.25, 0.3) is 0 Å². The average molecular weight is 268 g/mol. The van der Waals surface area contributed by atoms with Crippen LogP contribution in [-0.4, -0.2) is 0 Å². The van der Waals surface area contributed by atoms with Crippen molar-refractivity contribution in [1.29, 1.82) is 0 Å². The second kappa shape index (κ2) is 6.21. The molecule has 1 atom stereocenters. The van der Waals surface area contributed by atoms with E-state index in [1.54, 1.807) is 0 Å². The summed E-state index contributed by atoms with van der Waals surface area (Å²) in [6, 6.07) is 19.3. The summed E-state index contributed by atoms with van der Waals surface area (Å²) in [5, 5.41) is 0. The smallest absolute Gasteiger partial charge is 0.0551 e. The van der Waals surface area contributed by atoms with Crippen molar-refractivity contribution in [3.8, 4) is 0 Å². The first-order chi connectivity index (χ1) is 9.59. The first-order valence-electron chi connectivity index (χ1n) is 7.20. The summed E-state index contributed by atoms with van der Waals surface area (Å²) >= 11 is 0. The van der Waals surface area contributed by atoms with Gasteiger partial charge in [-0.1, -0.05) is 75.4 Å². The lowest BCUT2D eigenvalue weighted by Crippen LogP contribution is -2.41. The van der Waals surface area contributed by atoms with Gasteiger partial charge < -0.3 is 0 Å². The zero-order chi connectivity index (χ0) is 14.6. The highest BCUT2D eigenvalue weighted by Gasteiger charge is 2.31. The lowest BCUT2D eigenvalue weighted by atomic mass is 9.75. The van der Waals surface area contributed by atoms with Crippen molar-refractivity contribution in [3.05, 3.63) is 71.3 Å². The predicted octanol–water partition coefficient (Wildman–Crippen LogP) is 3.73. The maximum atomic E-state index is 5.87. The lowest BCUT2D eigenvalue weighted by Gasteiger charge is -2.35. The molecule has 0 aromatic heterocycles. The third-order valence-electron chi connectivity index (χ3n) is 4.10. The number of aryl methyl sites for hydroxylation is 1. The zero-order valence-corrected chi connectivity index (χ0v) is 12.6. The van der Waals surface area contributed by atoms with Crippen molar-refractivity contribution < 1.29 is 0 Å². The Morgan fingerprint density at radius 3 is 2.35 bits per heavy atom. The molecule has 2 aromatic carbocycles. The third-order valence-corrected chi connectivity index (χ3v) is 4.10. The molecule has 0 radical (unpaired) electrons. The number of hydrogen-bond donors (Lipinski definition) is 2. The molecular weight excluding hydrogens is 244 g/mol. The molecule has 0 saturated heterocycles. The van der Waals surface area contributed by atoms with E-state index in [0.717, 1.165) is 6.42 Å². The van der Waals surface area contributed by atoms with E-state index in [0.29, 0.717) is 0 Å². The van der Waals surface area contributed by atoms with Crippen LogP contribution in [0, 0.1) is 0 Å². The number of hydrazine groups is 1. The normalized spacial score (nSPS) is 13.2. The van der Waals surface area contributed by atoms with Crippen LogP contribution in [0.15, 0.2) is 54.6 Å². The van der Waals surface area contributed by atoms with E-state index in [-0.39, 0.29) is 11.5 Å². The molecule has 106 valence electrons. The summed E-state index contributed by atoms with van der Waals surface area (Å²) in [5.74, 6) is 5.87. The summed E-state index contributed by atoms with van der Waals surface area (Å²) in [7, 11) is 0. The zero-order valence-electron chi connectivity index (χ0n) is 12.6. The summed E-state index contributed by atoms with van der Waals surface area (Å²) in [6.45, 7) is 6.63. The average Bonchev–Trinajstić information content (AvgIpc) is 2.49. The van der Waals surface area contributed by atoms with Gasteiger partial charge >= 0.3 is 0 Å². The Bertz CT molecular complexity index is 546. The van der Waals surface area contributed by atoms with Crippen molar-refractivity contribution in [2.45, 2.75) is 38.6 Å². The lowest BCUT2D eigenvalue weighted by molar-refractivity contribution is 0.352. The van der Waals surface area contributed by atoms with Crippen molar-refractivity contribution in [3.63, 3.8) is 0 Å². The molecule has 0 spiro atoms. The molecule has 0 heterocycles. The van der Waals surface area contributed by atoms with E-state index >= 15 is 0 Å². The molecule has 20 heavy (non-hydrogen) atoms. The largest absolute Gasteiger partial charge is 0.271 e. The molecule has 0 aliphatic rings. The quantitative estimate of drug-likeness (QED) is 0.640. The molecule has 0 bridgehead atoms. The van der Waals surface area contributed by atoms with E-state index in [1.165, 1.54) is 16.7 Å². The van der Waals surface area contributed by atoms with Crippen LogP contribution in [0.2, 0.25) is 0 Å². The number of rotatable bonds is 5. The highest BCUT2D eigenvalue weighted by molar-refractivity contribution is 5.33. The summed E-state index contributed by atoms with van der Waals surface area (Å²) in [6.07, 6.45) is 1.04. The second-order valence-corrected chi connectivity index (χ2v) is 5.79. The number of nitrogens with two attached hydrogens (primary N) is 1. The molecular formula is C18H24N2. The molecule has 0 aliphatic carbocycles. The third kappa shape index (κ3) is 2.92. The van der Waals surface area contributed by atoms with Crippen molar-refractivity contribution in [2.75, 3.05) is 0 Å². The molecule has 2 heteroatoms. The summed E-state index contributed by atoms with van der Waals surface area (Å²) < 4.78 is 0. The highest BCUT2D eigenvalue weighted by Crippen LogP contribution is 2.36. The summed E-state index contributed by atoms with van der Waals surface area (Å²) in [4.78, 5) is 0. The molecule has 2 aromatic rings.